The Balaban J connectivity index is 2.15. The summed E-state index contributed by atoms with van der Waals surface area (Å²) in [4.78, 5) is 10.7. The van der Waals surface area contributed by atoms with Gasteiger partial charge < -0.3 is 14.6 Å². The highest BCUT2D eigenvalue weighted by atomic mass is 32.2. The summed E-state index contributed by atoms with van der Waals surface area (Å²) >= 11 is 0.981. The van der Waals surface area contributed by atoms with E-state index in [0.29, 0.717) is 5.56 Å². The van der Waals surface area contributed by atoms with Crippen LogP contribution in [0.5, 0.6) is 5.75 Å². The fourth-order valence-corrected chi connectivity index (χ4v) is 1.80. The number of aromatic hydroxyl groups is 1. The number of hydrogen-bond acceptors (Lipinski definition) is 6. The minimum absolute atomic E-state index is 0.146. The first-order valence-corrected chi connectivity index (χ1v) is 5.96. The van der Waals surface area contributed by atoms with Crippen LogP contribution in [-0.2, 0) is 4.79 Å². The number of phenolic OH excluding ortho intramolecular Hbond substituents is 1. The zero-order chi connectivity index (χ0) is 13.1. The van der Waals surface area contributed by atoms with Crippen LogP contribution in [0.3, 0.4) is 0 Å². The van der Waals surface area contributed by atoms with Crippen molar-refractivity contribution in [2.24, 2.45) is 0 Å². The maximum absolute atomic E-state index is 10.7. The van der Waals surface area contributed by atoms with Gasteiger partial charge in [0.2, 0.25) is 5.89 Å². The summed E-state index contributed by atoms with van der Waals surface area (Å²) in [5, 5.41) is 25.0. The lowest BCUT2D eigenvalue weighted by Gasteiger charge is -1.99. The van der Waals surface area contributed by atoms with Crippen LogP contribution in [0.25, 0.3) is 11.5 Å². The Labute approximate surface area is 107 Å². The molecule has 2 aromatic rings. The highest BCUT2D eigenvalue weighted by Crippen LogP contribution is 2.26. The van der Waals surface area contributed by atoms with Gasteiger partial charge >= 0.3 is 5.97 Å². The largest absolute Gasteiger partial charge is 0.508 e. The number of carboxylic acids is 1. The third-order valence-corrected chi connectivity index (χ3v) is 3.07. The maximum Gasteiger partial charge on any atom is 0.316 e. The van der Waals surface area contributed by atoms with Crippen LogP contribution in [0.15, 0.2) is 33.9 Å². The van der Waals surface area contributed by atoms with Crippen LogP contribution >= 0.6 is 11.8 Å². The molecule has 1 heterocycles. The number of carboxylic acid groups (broad SMARTS) is 1. The number of aromatic nitrogens is 2. The highest BCUT2D eigenvalue weighted by molar-refractivity contribution is 8.00. The molecule has 0 unspecified atom stereocenters. The number of thioether (sulfide) groups is 1. The van der Waals surface area contributed by atoms with Crippen LogP contribution < -0.4 is 0 Å². The highest BCUT2D eigenvalue weighted by Gasteiger charge is 2.17. The van der Waals surface area contributed by atoms with E-state index < -0.39 is 11.2 Å². The lowest BCUT2D eigenvalue weighted by molar-refractivity contribution is -0.136. The number of rotatable bonds is 4. The van der Waals surface area contributed by atoms with Crippen LogP contribution in [0.1, 0.15) is 6.92 Å². The molecule has 6 nitrogen and oxygen atoms in total. The molecule has 0 saturated heterocycles. The molecule has 0 radical (unpaired) electrons. The van der Waals surface area contributed by atoms with Crippen LogP contribution in [0.4, 0.5) is 0 Å². The molecule has 0 spiro atoms. The van der Waals surface area contributed by atoms with Crippen molar-refractivity contribution >= 4 is 17.7 Å². The van der Waals surface area contributed by atoms with Gasteiger partial charge in [0, 0.05) is 5.56 Å². The third kappa shape index (κ3) is 2.80. The molecule has 0 aliphatic carbocycles. The van der Waals surface area contributed by atoms with E-state index in [1.54, 1.807) is 12.1 Å². The first-order chi connectivity index (χ1) is 8.56. The number of nitrogens with zero attached hydrogens (tertiary/aromatic N) is 2. The first-order valence-electron chi connectivity index (χ1n) is 5.08. The zero-order valence-corrected chi connectivity index (χ0v) is 10.2. The second kappa shape index (κ2) is 5.09. The monoisotopic (exact) mass is 266 g/mol. The minimum Gasteiger partial charge on any atom is -0.508 e. The molecule has 0 amide bonds. The molecule has 1 atom stereocenters. The van der Waals surface area contributed by atoms with Gasteiger partial charge in [-0.2, -0.15) is 0 Å². The molecule has 0 bridgehead atoms. The fourth-order valence-electron chi connectivity index (χ4n) is 1.18. The molecule has 7 heteroatoms. The van der Waals surface area contributed by atoms with Crippen molar-refractivity contribution in [2.75, 3.05) is 0 Å². The molecular formula is C11H10N2O4S. The third-order valence-electron chi connectivity index (χ3n) is 2.15. The molecule has 0 fully saturated rings. The van der Waals surface area contributed by atoms with Gasteiger partial charge in [-0.1, -0.05) is 11.8 Å². The van der Waals surface area contributed by atoms with Crippen molar-refractivity contribution in [2.45, 2.75) is 17.4 Å². The average molecular weight is 266 g/mol. The lowest BCUT2D eigenvalue weighted by Crippen LogP contribution is -2.10. The van der Waals surface area contributed by atoms with E-state index in [2.05, 4.69) is 10.2 Å². The van der Waals surface area contributed by atoms with Crippen molar-refractivity contribution in [1.29, 1.82) is 0 Å². The molecule has 18 heavy (non-hydrogen) atoms. The van der Waals surface area contributed by atoms with Crippen molar-refractivity contribution < 1.29 is 19.4 Å². The van der Waals surface area contributed by atoms with E-state index in [0.717, 1.165) is 11.8 Å². The first kappa shape index (κ1) is 12.4. The molecular weight excluding hydrogens is 256 g/mol. The van der Waals surface area contributed by atoms with Crippen molar-refractivity contribution in [1.82, 2.24) is 10.2 Å². The Kier molecular flexibility index (Phi) is 3.52. The summed E-state index contributed by atoms with van der Waals surface area (Å²) in [6, 6.07) is 6.29. The van der Waals surface area contributed by atoms with Crippen molar-refractivity contribution in [3.63, 3.8) is 0 Å². The van der Waals surface area contributed by atoms with Gasteiger partial charge in [0.25, 0.3) is 5.22 Å². The molecule has 2 N–H and O–H groups in total. The van der Waals surface area contributed by atoms with Crippen LogP contribution in [-0.4, -0.2) is 31.6 Å². The number of aliphatic carboxylic acids is 1. The standard InChI is InChI=1S/C11H10N2O4S/c1-6(10(15)16)18-11-13-12-9(17-11)7-2-4-8(14)5-3-7/h2-6,14H,1H3,(H,15,16)/t6-/m1/s1. The Hall–Kier alpha value is -2.02. The Bertz CT molecular complexity index is 552. The molecule has 1 aromatic heterocycles. The van der Waals surface area contributed by atoms with E-state index in [9.17, 15) is 4.79 Å². The smallest absolute Gasteiger partial charge is 0.316 e. The van der Waals surface area contributed by atoms with Crippen LogP contribution in [0.2, 0.25) is 0 Å². The fraction of sp³-hybridized carbons (Fsp3) is 0.182. The van der Waals surface area contributed by atoms with Gasteiger partial charge in [0.1, 0.15) is 11.0 Å². The van der Waals surface area contributed by atoms with E-state index in [-0.39, 0.29) is 16.9 Å². The maximum atomic E-state index is 10.7. The Morgan fingerprint density at radius 1 is 1.33 bits per heavy atom. The van der Waals surface area contributed by atoms with Crippen molar-refractivity contribution in [3.05, 3.63) is 24.3 Å². The Morgan fingerprint density at radius 3 is 2.61 bits per heavy atom. The van der Waals surface area contributed by atoms with E-state index in [1.807, 2.05) is 0 Å². The number of carbonyl (C=O) groups is 1. The summed E-state index contributed by atoms with van der Waals surface area (Å²) in [6.07, 6.45) is 0. The molecule has 2 rings (SSSR count). The van der Waals surface area contributed by atoms with Gasteiger partial charge in [-0.05, 0) is 31.2 Å². The number of hydrogen-bond donors (Lipinski definition) is 2. The molecule has 0 aliphatic rings. The van der Waals surface area contributed by atoms with Gasteiger partial charge in [-0.25, -0.2) is 0 Å². The second-order valence-electron chi connectivity index (χ2n) is 3.52. The molecule has 0 aliphatic heterocycles. The summed E-state index contributed by atoms with van der Waals surface area (Å²) in [5.74, 6) is -0.508. The lowest BCUT2D eigenvalue weighted by atomic mass is 10.2. The molecule has 1 aromatic carbocycles. The second-order valence-corrected chi connectivity index (χ2v) is 4.81. The van der Waals surface area contributed by atoms with Crippen molar-refractivity contribution in [3.8, 4) is 17.2 Å². The summed E-state index contributed by atoms with van der Waals surface area (Å²) < 4.78 is 5.33. The number of phenols is 1. The van der Waals surface area contributed by atoms with Crippen LogP contribution in [0, 0.1) is 0 Å². The predicted molar refractivity (Wildman–Crippen MR) is 64.4 cm³/mol. The quantitative estimate of drug-likeness (QED) is 0.817. The Morgan fingerprint density at radius 2 is 2.00 bits per heavy atom. The number of benzene rings is 1. The topological polar surface area (TPSA) is 96.5 Å². The summed E-state index contributed by atoms with van der Waals surface area (Å²) in [7, 11) is 0. The van der Waals surface area contributed by atoms with Gasteiger partial charge in [0.15, 0.2) is 0 Å². The predicted octanol–water partition coefficient (Wildman–Crippen LogP) is 2.01. The molecule has 0 saturated carbocycles. The minimum atomic E-state index is -0.940. The zero-order valence-electron chi connectivity index (χ0n) is 9.40. The molecule has 94 valence electrons. The van der Waals surface area contributed by atoms with E-state index >= 15 is 0 Å². The van der Waals surface area contributed by atoms with E-state index in [4.69, 9.17) is 14.6 Å². The summed E-state index contributed by atoms with van der Waals surface area (Å²) in [5.41, 5.74) is 0.662. The van der Waals surface area contributed by atoms with Gasteiger partial charge in [0.05, 0.1) is 0 Å². The normalized spacial score (nSPS) is 12.3. The SMILES string of the molecule is C[C@@H](Sc1nnc(-c2ccc(O)cc2)o1)C(=O)O. The van der Waals surface area contributed by atoms with E-state index in [1.165, 1.54) is 19.1 Å². The average Bonchev–Trinajstić information content (AvgIpc) is 2.78. The van der Waals surface area contributed by atoms with Gasteiger partial charge in [-0.3, -0.25) is 4.79 Å². The van der Waals surface area contributed by atoms with Gasteiger partial charge in [-0.15, -0.1) is 10.2 Å². The summed E-state index contributed by atoms with van der Waals surface area (Å²) in [6.45, 7) is 1.54.